The minimum atomic E-state index is -0.350. The molecule has 2 fully saturated rings. The van der Waals surface area contributed by atoms with E-state index >= 15 is 0 Å². The third-order valence-corrected chi connectivity index (χ3v) is 7.34. The molecule has 2 aliphatic heterocycles. The first kappa shape index (κ1) is 15.5. The second-order valence-corrected chi connectivity index (χ2v) is 9.09. The van der Waals surface area contributed by atoms with Crippen LogP contribution in [0.5, 0.6) is 11.5 Å². The Bertz CT molecular complexity index is 851. The molecule has 130 valence electrons. The van der Waals surface area contributed by atoms with Crippen LogP contribution in [0.25, 0.3) is 21.0 Å². The number of hydrogen-bond acceptors (Lipinski definition) is 4. The lowest BCUT2D eigenvalue weighted by atomic mass is 10.1. The van der Waals surface area contributed by atoms with E-state index < -0.39 is 0 Å². The van der Waals surface area contributed by atoms with Crippen LogP contribution < -0.4 is 9.47 Å². The van der Waals surface area contributed by atoms with Gasteiger partial charge in [0, 0.05) is 10.2 Å². The largest absolute Gasteiger partial charge is 0.491 e. The molecule has 25 heavy (non-hydrogen) atoms. The molecular formula is C20H21O4P. The predicted molar refractivity (Wildman–Crippen MR) is 100 cm³/mol. The lowest BCUT2D eigenvalue weighted by Gasteiger charge is -2.05. The average molecular weight is 356 g/mol. The lowest BCUT2D eigenvalue weighted by Crippen LogP contribution is -2.03. The zero-order chi connectivity index (χ0) is 16.8. The van der Waals surface area contributed by atoms with Crippen molar-refractivity contribution >= 4 is 28.5 Å². The van der Waals surface area contributed by atoms with Crippen molar-refractivity contribution < 1.29 is 18.9 Å². The topological polar surface area (TPSA) is 43.5 Å². The van der Waals surface area contributed by atoms with E-state index in [0.29, 0.717) is 13.2 Å². The number of epoxide rings is 2. The minimum Gasteiger partial charge on any atom is -0.491 e. The fraction of sp³-hybridized carbons (Fsp3) is 0.400. The van der Waals surface area contributed by atoms with E-state index in [2.05, 4.69) is 43.3 Å². The van der Waals surface area contributed by atoms with E-state index in [9.17, 15) is 0 Å². The zero-order valence-corrected chi connectivity index (χ0v) is 15.1. The molecule has 0 spiro atoms. The summed E-state index contributed by atoms with van der Waals surface area (Å²) in [6.45, 7) is 5.22. The summed E-state index contributed by atoms with van der Waals surface area (Å²) in [5.74, 6) is 1.90. The fourth-order valence-corrected chi connectivity index (χ4v) is 5.76. The summed E-state index contributed by atoms with van der Waals surface area (Å²) >= 11 is 0. The standard InChI is InChI=1S/C20H21O4P/c1-2-25-19-7-13(21-9-15-11-23-15)3-5-17(19)18-6-4-14(8-20(18)25)22-10-16-12-24-16/h3-8,15-16H,2,9-12H2,1H3. The summed E-state index contributed by atoms with van der Waals surface area (Å²) in [5.41, 5.74) is 0. The maximum Gasteiger partial charge on any atom is 0.120 e. The van der Waals surface area contributed by atoms with Crippen molar-refractivity contribution in [2.24, 2.45) is 0 Å². The Hall–Kier alpha value is -1.74. The van der Waals surface area contributed by atoms with Gasteiger partial charge >= 0.3 is 0 Å². The lowest BCUT2D eigenvalue weighted by molar-refractivity contribution is 0.263. The Morgan fingerprint density at radius 1 is 0.880 bits per heavy atom. The molecule has 5 heteroatoms. The molecule has 4 nitrogen and oxygen atoms in total. The third-order valence-electron chi connectivity index (χ3n) is 4.80. The molecule has 5 rings (SSSR count). The van der Waals surface area contributed by atoms with Gasteiger partial charge in [-0.05, 0) is 53.3 Å². The fourth-order valence-electron chi connectivity index (χ4n) is 3.28. The van der Waals surface area contributed by atoms with E-state index in [4.69, 9.17) is 18.9 Å². The summed E-state index contributed by atoms with van der Waals surface area (Å²) in [7, 11) is -0.350. The molecule has 2 aromatic carbocycles. The average Bonchev–Trinajstić information content (AvgIpc) is 3.55. The molecule has 0 amide bonds. The Morgan fingerprint density at radius 2 is 1.36 bits per heavy atom. The molecule has 0 N–H and O–H groups in total. The van der Waals surface area contributed by atoms with Crippen molar-refractivity contribution in [1.29, 1.82) is 0 Å². The van der Waals surface area contributed by atoms with Crippen molar-refractivity contribution in [3.8, 4) is 11.5 Å². The van der Waals surface area contributed by atoms with Gasteiger partial charge in [-0.3, -0.25) is 0 Å². The summed E-state index contributed by atoms with van der Waals surface area (Å²) < 4.78 is 22.2. The Balaban J connectivity index is 1.52. The number of hydrogen-bond donors (Lipinski definition) is 0. The van der Waals surface area contributed by atoms with Gasteiger partial charge in [0.15, 0.2) is 0 Å². The molecule has 0 radical (unpaired) electrons. The van der Waals surface area contributed by atoms with Gasteiger partial charge in [0.2, 0.25) is 0 Å². The van der Waals surface area contributed by atoms with Crippen LogP contribution in [0.15, 0.2) is 36.4 Å². The monoisotopic (exact) mass is 356 g/mol. The SMILES string of the molecule is CCp1c2cc(OCC3CO3)ccc2c2ccc(OCC3CO3)cc21. The van der Waals surface area contributed by atoms with Gasteiger partial charge in [-0.1, -0.05) is 6.92 Å². The van der Waals surface area contributed by atoms with Gasteiger partial charge < -0.3 is 18.9 Å². The summed E-state index contributed by atoms with van der Waals surface area (Å²) in [6, 6.07) is 13.0. The second kappa shape index (κ2) is 6.21. The molecule has 2 atom stereocenters. The highest BCUT2D eigenvalue weighted by Crippen LogP contribution is 2.51. The van der Waals surface area contributed by atoms with Gasteiger partial charge in [-0.2, -0.15) is 0 Å². The molecule has 2 unspecified atom stereocenters. The molecule has 3 heterocycles. The molecule has 0 bridgehead atoms. The van der Waals surface area contributed by atoms with Crippen molar-refractivity contribution in [3.63, 3.8) is 0 Å². The van der Waals surface area contributed by atoms with E-state index in [1.54, 1.807) is 0 Å². The van der Waals surface area contributed by atoms with Gasteiger partial charge in [0.1, 0.15) is 36.9 Å². The van der Waals surface area contributed by atoms with Crippen molar-refractivity contribution in [3.05, 3.63) is 36.4 Å². The first-order chi connectivity index (χ1) is 12.3. The quantitative estimate of drug-likeness (QED) is 0.582. The number of benzene rings is 2. The first-order valence-corrected chi connectivity index (χ1v) is 10.4. The Kier molecular flexibility index (Phi) is 3.85. The van der Waals surface area contributed by atoms with Crippen LogP contribution in [0.4, 0.5) is 0 Å². The maximum absolute atomic E-state index is 5.89. The normalized spacial score (nSPS) is 22.4. The first-order valence-electron chi connectivity index (χ1n) is 8.86. The van der Waals surface area contributed by atoms with Crippen molar-refractivity contribution in [2.75, 3.05) is 26.4 Å². The number of aryl methyl sites for hydroxylation is 1. The number of ether oxygens (including phenoxy) is 4. The summed E-state index contributed by atoms with van der Waals surface area (Å²) in [6.07, 6.45) is 1.70. The van der Waals surface area contributed by atoms with Crippen LogP contribution in [0.1, 0.15) is 6.92 Å². The maximum atomic E-state index is 5.89. The van der Waals surface area contributed by atoms with E-state index in [-0.39, 0.29) is 19.7 Å². The summed E-state index contributed by atoms with van der Waals surface area (Å²) in [4.78, 5) is 0. The van der Waals surface area contributed by atoms with Crippen LogP contribution in [0.2, 0.25) is 0 Å². The molecule has 3 aromatic rings. The van der Waals surface area contributed by atoms with Gasteiger partial charge in [-0.25, -0.2) is 0 Å². The van der Waals surface area contributed by atoms with Gasteiger partial charge in [0.05, 0.1) is 13.2 Å². The van der Waals surface area contributed by atoms with Crippen LogP contribution in [0, 0.1) is 0 Å². The second-order valence-electron chi connectivity index (χ2n) is 6.63. The number of rotatable bonds is 7. The van der Waals surface area contributed by atoms with Crippen molar-refractivity contribution in [2.45, 2.75) is 25.3 Å². The van der Waals surface area contributed by atoms with Crippen LogP contribution in [0.3, 0.4) is 0 Å². The molecule has 1 aromatic heterocycles. The van der Waals surface area contributed by atoms with E-state index in [1.807, 2.05) is 0 Å². The minimum absolute atomic E-state index is 0.285. The van der Waals surface area contributed by atoms with E-state index in [1.165, 1.54) is 21.0 Å². The van der Waals surface area contributed by atoms with Crippen LogP contribution in [-0.2, 0) is 15.6 Å². The zero-order valence-electron chi connectivity index (χ0n) is 14.2. The van der Waals surface area contributed by atoms with Crippen LogP contribution >= 0.6 is 7.53 Å². The predicted octanol–water partition coefficient (Wildman–Crippen LogP) is 4.55. The highest BCUT2D eigenvalue weighted by Gasteiger charge is 2.24. The number of fused-ring (bicyclic) bond motifs is 3. The molecule has 2 saturated heterocycles. The molecule has 0 aliphatic carbocycles. The highest BCUT2D eigenvalue weighted by atomic mass is 31.1. The van der Waals surface area contributed by atoms with Gasteiger partial charge in [-0.15, -0.1) is 7.53 Å². The van der Waals surface area contributed by atoms with Crippen LogP contribution in [-0.4, -0.2) is 38.6 Å². The molecule has 0 saturated carbocycles. The Morgan fingerprint density at radius 3 is 1.76 bits per heavy atom. The summed E-state index contributed by atoms with van der Waals surface area (Å²) in [5, 5.41) is 5.53. The van der Waals surface area contributed by atoms with E-state index in [0.717, 1.165) is 30.9 Å². The van der Waals surface area contributed by atoms with Crippen molar-refractivity contribution in [1.82, 2.24) is 0 Å². The highest BCUT2D eigenvalue weighted by molar-refractivity contribution is 7.60. The molecule has 2 aliphatic rings. The third kappa shape index (κ3) is 3.10. The smallest absolute Gasteiger partial charge is 0.120 e. The Labute approximate surface area is 147 Å². The van der Waals surface area contributed by atoms with Gasteiger partial charge in [0.25, 0.3) is 0 Å². The molecular weight excluding hydrogens is 335 g/mol.